The number of nitrogen functional groups attached to an aromatic ring is 1. The van der Waals surface area contributed by atoms with Gasteiger partial charge in [-0.1, -0.05) is 12.1 Å². The molecule has 0 spiro atoms. The summed E-state index contributed by atoms with van der Waals surface area (Å²) < 4.78 is 5.14. The first-order valence-electron chi connectivity index (χ1n) is 8.20. The van der Waals surface area contributed by atoms with Gasteiger partial charge >= 0.3 is 0 Å². The summed E-state index contributed by atoms with van der Waals surface area (Å²) in [4.78, 5) is 23.5. The highest BCUT2D eigenvalue weighted by atomic mass is 35.5. The number of anilines is 3. The molecule has 1 aliphatic heterocycles. The summed E-state index contributed by atoms with van der Waals surface area (Å²) in [5, 5.41) is 5.64. The molecule has 2 aromatic carbocycles. The van der Waals surface area contributed by atoms with E-state index >= 15 is 0 Å². The number of methoxy groups -OCH3 is 1. The molecule has 0 unspecified atom stereocenters. The van der Waals surface area contributed by atoms with E-state index in [0.29, 0.717) is 30.0 Å². The normalized spacial score (nSPS) is 12.0. The van der Waals surface area contributed by atoms with Crippen molar-refractivity contribution in [1.82, 2.24) is 0 Å². The molecule has 6 nitrogen and oxygen atoms in total. The molecule has 0 fully saturated rings. The highest BCUT2D eigenvalue weighted by Crippen LogP contribution is 2.26. The molecule has 0 aromatic heterocycles. The third-order valence-electron chi connectivity index (χ3n) is 4.20. The van der Waals surface area contributed by atoms with Crippen molar-refractivity contribution >= 4 is 41.3 Å². The number of carbonyl (C=O) groups excluding carboxylic acids is 2. The van der Waals surface area contributed by atoms with Gasteiger partial charge in [0, 0.05) is 18.2 Å². The monoisotopic (exact) mass is 375 g/mol. The van der Waals surface area contributed by atoms with Crippen molar-refractivity contribution in [3.63, 3.8) is 0 Å². The summed E-state index contributed by atoms with van der Waals surface area (Å²) in [7, 11) is 1.57. The van der Waals surface area contributed by atoms with Crippen molar-refractivity contribution < 1.29 is 14.3 Å². The zero-order chi connectivity index (χ0) is 17.8. The smallest absolute Gasteiger partial charge is 0.228 e. The van der Waals surface area contributed by atoms with Gasteiger partial charge in [-0.05, 0) is 42.2 Å². The lowest BCUT2D eigenvalue weighted by molar-refractivity contribution is -0.116. The lowest BCUT2D eigenvalue weighted by atomic mass is 10.0. The summed E-state index contributed by atoms with van der Waals surface area (Å²) in [6, 6.07) is 11.1. The molecular weight excluding hydrogens is 354 g/mol. The SMILES string of the molecule is COc1ccc(N)c(NC(=O)CCCc2ccc3c(c2)CC(=O)N3)c1.Cl. The first kappa shape index (κ1) is 19.6. The number of nitrogens with two attached hydrogens (primary N) is 1. The molecule has 0 atom stereocenters. The van der Waals surface area contributed by atoms with Crippen LogP contribution >= 0.6 is 12.4 Å². The zero-order valence-electron chi connectivity index (χ0n) is 14.5. The number of rotatable bonds is 6. The molecule has 1 heterocycles. The van der Waals surface area contributed by atoms with Gasteiger partial charge in [0.15, 0.2) is 0 Å². The number of benzene rings is 2. The summed E-state index contributed by atoms with van der Waals surface area (Å²) in [6.07, 6.45) is 2.32. The van der Waals surface area contributed by atoms with Crippen LogP contribution < -0.4 is 21.1 Å². The fourth-order valence-corrected chi connectivity index (χ4v) is 2.87. The summed E-state index contributed by atoms with van der Waals surface area (Å²) in [5.74, 6) is 0.589. The van der Waals surface area contributed by atoms with Crippen molar-refractivity contribution in [2.75, 3.05) is 23.5 Å². The van der Waals surface area contributed by atoms with E-state index in [1.807, 2.05) is 18.2 Å². The second-order valence-electron chi connectivity index (χ2n) is 6.07. The predicted octanol–water partition coefficient (Wildman–Crippen LogP) is 3.16. The summed E-state index contributed by atoms with van der Waals surface area (Å²) in [6.45, 7) is 0. The van der Waals surface area contributed by atoms with E-state index in [9.17, 15) is 9.59 Å². The van der Waals surface area contributed by atoms with Crippen molar-refractivity contribution in [1.29, 1.82) is 0 Å². The maximum Gasteiger partial charge on any atom is 0.228 e. The number of ether oxygens (including phenoxy) is 1. The molecule has 0 radical (unpaired) electrons. The summed E-state index contributed by atoms with van der Waals surface area (Å²) in [5.41, 5.74) is 9.98. The molecule has 2 aromatic rings. The molecule has 7 heteroatoms. The number of hydrogen-bond acceptors (Lipinski definition) is 4. The molecule has 0 bridgehead atoms. The topological polar surface area (TPSA) is 93.4 Å². The van der Waals surface area contributed by atoms with Gasteiger partial charge in [-0.3, -0.25) is 9.59 Å². The van der Waals surface area contributed by atoms with Crippen molar-refractivity contribution in [2.24, 2.45) is 0 Å². The minimum absolute atomic E-state index is 0. The van der Waals surface area contributed by atoms with E-state index in [2.05, 4.69) is 10.6 Å². The molecule has 3 rings (SSSR count). The van der Waals surface area contributed by atoms with Crippen LogP contribution in [-0.4, -0.2) is 18.9 Å². The Kier molecular flexibility index (Phi) is 6.46. The fraction of sp³-hybridized carbons (Fsp3) is 0.263. The predicted molar refractivity (Wildman–Crippen MR) is 105 cm³/mol. The molecule has 1 aliphatic rings. The van der Waals surface area contributed by atoms with E-state index in [0.717, 1.165) is 29.7 Å². The number of nitrogens with one attached hydrogen (secondary N) is 2. The summed E-state index contributed by atoms with van der Waals surface area (Å²) >= 11 is 0. The molecule has 2 amide bonds. The Hall–Kier alpha value is -2.73. The molecule has 0 aliphatic carbocycles. The highest BCUT2D eigenvalue weighted by molar-refractivity contribution is 5.99. The Morgan fingerprint density at radius 1 is 1.27 bits per heavy atom. The molecule has 26 heavy (non-hydrogen) atoms. The molecule has 4 N–H and O–H groups in total. The minimum atomic E-state index is -0.0852. The van der Waals surface area contributed by atoms with Crippen LogP contribution in [0.3, 0.4) is 0 Å². The van der Waals surface area contributed by atoms with E-state index < -0.39 is 0 Å². The van der Waals surface area contributed by atoms with Crippen LogP contribution in [0.5, 0.6) is 5.75 Å². The van der Waals surface area contributed by atoms with Crippen molar-refractivity contribution in [2.45, 2.75) is 25.7 Å². The molecule has 0 saturated carbocycles. The van der Waals surface area contributed by atoms with Gasteiger partial charge in [-0.2, -0.15) is 0 Å². The maximum atomic E-state index is 12.1. The zero-order valence-corrected chi connectivity index (χ0v) is 15.3. The third-order valence-corrected chi connectivity index (χ3v) is 4.20. The lowest BCUT2D eigenvalue weighted by Crippen LogP contribution is -2.13. The second kappa shape index (κ2) is 8.58. The van der Waals surface area contributed by atoms with E-state index in [4.69, 9.17) is 10.5 Å². The van der Waals surface area contributed by atoms with Crippen molar-refractivity contribution in [3.8, 4) is 5.75 Å². The van der Waals surface area contributed by atoms with Crippen LogP contribution in [0.4, 0.5) is 17.1 Å². The molecule has 0 saturated heterocycles. The van der Waals surface area contributed by atoms with Crippen LogP contribution in [0.25, 0.3) is 0 Å². The van der Waals surface area contributed by atoms with Crippen LogP contribution in [0.15, 0.2) is 36.4 Å². The lowest BCUT2D eigenvalue weighted by Gasteiger charge is -2.10. The first-order chi connectivity index (χ1) is 12.0. The average molecular weight is 376 g/mol. The Labute approximate surface area is 158 Å². The number of halogens is 1. The van der Waals surface area contributed by atoms with Crippen molar-refractivity contribution in [3.05, 3.63) is 47.5 Å². The van der Waals surface area contributed by atoms with Gasteiger partial charge in [-0.25, -0.2) is 0 Å². The second-order valence-corrected chi connectivity index (χ2v) is 6.07. The number of aryl methyl sites for hydroxylation is 1. The number of hydrogen-bond donors (Lipinski definition) is 3. The van der Waals surface area contributed by atoms with Crippen LogP contribution in [-0.2, 0) is 22.4 Å². The Balaban J connectivity index is 0.00000243. The molecular formula is C19H22ClN3O3. The van der Waals surface area contributed by atoms with Gasteiger partial charge in [0.1, 0.15) is 5.75 Å². The standard InChI is InChI=1S/C19H21N3O3.ClH/c1-25-14-6-7-15(20)17(11-14)22-18(23)4-2-3-12-5-8-16-13(9-12)10-19(24)21-16;/h5-9,11H,2-4,10,20H2,1H3,(H,21,24)(H,22,23);1H. The van der Waals surface area contributed by atoms with Crippen LogP contribution in [0.2, 0.25) is 0 Å². The van der Waals surface area contributed by atoms with Gasteiger partial charge in [0.05, 0.1) is 24.9 Å². The number of fused-ring (bicyclic) bond motifs is 1. The quantitative estimate of drug-likeness (QED) is 0.676. The third kappa shape index (κ3) is 4.67. The fourth-order valence-electron chi connectivity index (χ4n) is 2.87. The highest BCUT2D eigenvalue weighted by Gasteiger charge is 2.17. The van der Waals surface area contributed by atoms with E-state index in [1.165, 1.54) is 0 Å². The first-order valence-corrected chi connectivity index (χ1v) is 8.20. The Morgan fingerprint density at radius 2 is 2.08 bits per heavy atom. The maximum absolute atomic E-state index is 12.1. The van der Waals surface area contributed by atoms with Crippen LogP contribution in [0.1, 0.15) is 24.0 Å². The number of carbonyl (C=O) groups is 2. The van der Waals surface area contributed by atoms with Crippen LogP contribution in [0, 0.1) is 0 Å². The van der Waals surface area contributed by atoms with Gasteiger partial charge in [0.2, 0.25) is 11.8 Å². The Bertz CT molecular complexity index is 824. The number of amides is 2. The van der Waals surface area contributed by atoms with E-state index in [1.54, 1.807) is 25.3 Å². The van der Waals surface area contributed by atoms with Gasteiger partial charge < -0.3 is 21.1 Å². The van der Waals surface area contributed by atoms with Gasteiger partial charge in [-0.15, -0.1) is 12.4 Å². The molecule has 138 valence electrons. The minimum Gasteiger partial charge on any atom is -0.497 e. The largest absolute Gasteiger partial charge is 0.497 e. The van der Waals surface area contributed by atoms with E-state index in [-0.39, 0.29) is 24.2 Å². The van der Waals surface area contributed by atoms with Gasteiger partial charge in [0.25, 0.3) is 0 Å². The average Bonchev–Trinajstić information content (AvgIpc) is 2.96. The Morgan fingerprint density at radius 3 is 2.85 bits per heavy atom.